The van der Waals surface area contributed by atoms with Gasteiger partial charge in [0, 0.05) is 12.4 Å². The minimum absolute atomic E-state index is 0.0607. The van der Waals surface area contributed by atoms with Gasteiger partial charge >= 0.3 is 12.0 Å². The molecule has 0 aliphatic rings. The van der Waals surface area contributed by atoms with E-state index in [9.17, 15) is 9.59 Å². The molecule has 150 valence electrons. The third kappa shape index (κ3) is 4.61. The number of benzene rings is 1. The van der Waals surface area contributed by atoms with Gasteiger partial charge < -0.3 is 15.4 Å². The molecule has 12 heteroatoms. The van der Waals surface area contributed by atoms with Crippen molar-refractivity contribution in [2.24, 2.45) is 0 Å². The van der Waals surface area contributed by atoms with Gasteiger partial charge in [0.2, 0.25) is 0 Å². The number of rotatable bonds is 5. The molecule has 1 aromatic carbocycles. The predicted molar refractivity (Wildman–Crippen MR) is 105 cm³/mol. The molecule has 0 unspecified atom stereocenters. The second-order valence-electron chi connectivity index (χ2n) is 5.70. The standard InChI is InChI=1S/C17H15Cl2N7O3/c1-9(14-22-8-23-26(14)16-20-4-3-5-21-16)24-17(28)25-13-7-12(19)11(18)6-10(13)15(27)29-2/h3-9H,1-2H3,(H2,24,25,28)/t9-/m0/s1. The molecule has 10 nitrogen and oxygen atoms in total. The Labute approximate surface area is 175 Å². The third-order valence-electron chi connectivity index (χ3n) is 3.76. The quantitative estimate of drug-likeness (QED) is 0.589. The van der Waals surface area contributed by atoms with Gasteiger partial charge in [-0.05, 0) is 25.1 Å². The van der Waals surface area contributed by atoms with Crippen LogP contribution in [0.25, 0.3) is 5.95 Å². The Hall–Kier alpha value is -3.24. The first-order chi connectivity index (χ1) is 13.9. The monoisotopic (exact) mass is 435 g/mol. The fourth-order valence-corrected chi connectivity index (χ4v) is 2.78. The molecule has 3 rings (SSSR count). The largest absolute Gasteiger partial charge is 0.465 e. The Morgan fingerprint density at radius 2 is 1.83 bits per heavy atom. The van der Waals surface area contributed by atoms with Crippen LogP contribution < -0.4 is 10.6 Å². The maximum Gasteiger partial charge on any atom is 0.340 e. The fraction of sp³-hybridized carbons (Fsp3) is 0.176. The average Bonchev–Trinajstić information content (AvgIpc) is 3.20. The van der Waals surface area contributed by atoms with E-state index in [2.05, 4.69) is 30.7 Å². The normalized spacial score (nSPS) is 11.6. The number of hydrogen-bond donors (Lipinski definition) is 2. The second kappa shape index (κ2) is 8.84. The molecule has 0 radical (unpaired) electrons. The van der Waals surface area contributed by atoms with Gasteiger partial charge in [-0.3, -0.25) is 0 Å². The third-order valence-corrected chi connectivity index (χ3v) is 4.49. The zero-order valence-electron chi connectivity index (χ0n) is 15.3. The van der Waals surface area contributed by atoms with Crippen molar-refractivity contribution in [2.75, 3.05) is 12.4 Å². The number of nitrogens with zero attached hydrogens (tertiary/aromatic N) is 5. The molecule has 1 atom stereocenters. The van der Waals surface area contributed by atoms with Crippen LogP contribution in [0.2, 0.25) is 10.0 Å². The van der Waals surface area contributed by atoms with E-state index in [-0.39, 0.29) is 21.3 Å². The van der Waals surface area contributed by atoms with Crippen LogP contribution in [0.1, 0.15) is 29.1 Å². The molecule has 0 fully saturated rings. The van der Waals surface area contributed by atoms with E-state index in [0.29, 0.717) is 11.8 Å². The van der Waals surface area contributed by atoms with Gasteiger partial charge in [-0.15, -0.1) is 0 Å². The van der Waals surface area contributed by atoms with Crippen LogP contribution in [-0.2, 0) is 4.74 Å². The Bertz CT molecular complexity index is 1040. The SMILES string of the molecule is COC(=O)c1cc(Cl)c(Cl)cc1NC(=O)N[C@@H](C)c1ncnn1-c1ncccn1. The summed E-state index contributed by atoms with van der Waals surface area (Å²) in [6.45, 7) is 1.71. The molecule has 0 bridgehead atoms. The summed E-state index contributed by atoms with van der Waals surface area (Å²) in [4.78, 5) is 36.8. The zero-order chi connectivity index (χ0) is 21.0. The molecule has 0 saturated carbocycles. The van der Waals surface area contributed by atoms with Gasteiger partial charge in [0.15, 0.2) is 5.82 Å². The summed E-state index contributed by atoms with van der Waals surface area (Å²) in [7, 11) is 1.22. The number of hydrogen-bond acceptors (Lipinski definition) is 7. The van der Waals surface area contributed by atoms with E-state index in [0.717, 1.165) is 0 Å². The lowest BCUT2D eigenvalue weighted by Crippen LogP contribution is -2.33. The van der Waals surface area contributed by atoms with Crippen LogP contribution in [-0.4, -0.2) is 43.8 Å². The number of anilines is 1. The summed E-state index contributed by atoms with van der Waals surface area (Å²) in [6.07, 6.45) is 4.46. The van der Waals surface area contributed by atoms with Crippen molar-refractivity contribution in [3.8, 4) is 5.95 Å². The molecular weight excluding hydrogens is 421 g/mol. The van der Waals surface area contributed by atoms with E-state index < -0.39 is 18.0 Å². The van der Waals surface area contributed by atoms with Gasteiger partial charge in [-0.2, -0.15) is 9.78 Å². The first-order valence-corrected chi connectivity index (χ1v) is 8.98. The van der Waals surface area contributed by atoms with Crippen molar-refractivity contribution in [2.45, 2.75) is 13.0 Å². The first kappa shape index (κ1) is 20.5. The summed E-state index contributed by atoms with van der Waals surface area (Å²) < 4.78 is 6.12. The minimum atomic E-state index is -0.673. The average molecular weight is 436 g/mol. The van der Waals surface area contributed by atoms with Crippen LogP contribution >= 0.6 is 23.2 Å². The van der Waals surface area contributed by atoms with Crippen LogP contribution in [0.15, 0.2) is 36.9 Å². The lowest BCUT2D eigenvalue weighted by atomic mass is 10.2. The summed E-state index contributed by atoms with van der Waals surface area (Å²) in [6, 6.07) is 3.18. The smallest absolute Gasteiger partial charge is 0.340 e. The van der Waals surface area contributed by atoms with Crippen molar-refractivity contribution in [1.82, 2.24) is 30.0 Å². The van der Waals surface area contributed by atoms with Crippen LogP contribution in [0.5, 0.6) is 0 Å². The summed E-state index contributed by atoms with van der Waals surface area (Å²) in [5.74, 6) is 0.0492. The number of aromatic nitrogens is 5. The summed E-state index contributed by atoms with van der Waals surface area (Å²) in [5, 5.41) is 9.67. The van der Waals surface area contributed by atoms with Gasteiger partial charge in [-0.25, -0.2) is 24.5 Å². The molecule has 2 N–H and O–H groups in total. The summed E-state index contributed by atoms with van der Waals surface area (Å²) >= 11 is 12.0. The molecule has 0 aliphatic heterocycles. The van der Waals surface area contributed by atoms with E-state index in [4.69, 9.17) is 27.9 Å². The van der Waals surface area contributed by atoms with Crippen molar-refractivity contribution in [3.05, 3.63) is 58.4 Å². The number of urea groups is 1. The van der Waals surface area contributed by atoms with Gasteiger partial charge in [-0.1, -0.05) is 23.2 Å². The Morgan fingerprint density at radius 3 is 2.52 bits per heavy atom. The first-order valence-electron chi connectivity index (χ1n) is 8.23. The van der Waals surface area contributed by atoms with Crippen LogP contribution in [0.4, 0.5) is 10.5 Å². The van der Waals surface area contributed by atoms with Crippen molar-refractivity contribution in [3.63, 3.8) is 0 Å². The second-order valence-corrected chi connectivity index (χ2v) is 6.52. The molecule has 0 aliphatic carbocycles. The number of esters is 1. The molecule has 3 aromatic rings. The molecule has 2 heterocycles. The molecule has 29 heavy (non-hydrogen) atoms. The van der Waals surface area contributed by atoms with E-state index in [1.165, 1.54) is 30.3 Å². The van der Waals surface area contributed by atoms with E-state index in [1.807, 2.05) is 0 Å². The molecule has 0 saturated heterocycles. The molecule has 2 aromatic heterocycles. The highest BCUT2D eigenvalue weighted by molar-refractivity contribution is 6.42. The highest BCUT2D eigenvalue weighted by atomic mass is 35.5. The van der Waals surface area contributed by atoms with E-state index >= 15 is 0 Å². The number of methoxy groups -OCH3 is 1. The van der Waals surface area contributed by atoms with Gasteiger partial charge in [0.25, 0.3) is 5.95 Å². The molecular formula is C17H15Cl2N7O3. The highest BCUT2D eigenvalue weighted by Gasteiger charge is 2.20. The van der Waals surface area contributed by atoms with Crippen molar-refractivity contribution in [1.29, 1.82) is 0 Å². The highest BCUT2D eigenvalue weighted by Crippen LogP contribution is 2.29. The topological polar surface area (TPSA) is 124 Å². The van der Waals surface area contributed by atoms with E-state index in [1.54, 1.807) is 25.4 Å². The number of ether oxygens (including phenoxy) is 1. The Morgan fingerprint density at radius 1 is 1.14 bits per heavy atom. The molecule has 0 spiro atoms. The lowest BCUT2D eigenvalue weighted by molar-refractivity contribution is 0.0602. The molecule has 2 amide bonds. The van der Waals surface area contributed by atoms with Crippen molar-refractivity contribution >= 4 is 40.9 Å². The maximum absolute atomic E-state index is 12.5. The number of carbonyl (C=O) groups excluding carboxylic acids is 2. The van der Waals surface area contributed by atoms with Crippen LogP contribution in [0.3, 0.4) is 0 Å². The van der Waals surface area contributed by atoms with Crippen LogP contribution in [0, 0.1) is 0 Å². The minimum Gasteiger partial charge on any atom is -0.465 e. The number of carbonyl (C=O) groups is 2. The Kier molecular flexibility index (Phi) is 6.25. The summed E-state index contributed by atoms with van der Waals surface area (Å²) in [5.41, 5.74) is 0.203. The fourth-order valence-electron chi connectivity index (χ4n) is 2.45. The van der Waals surface area contributed by atoms with Gasteiger partial charge in [0.05, 0.1) is 34.4 Å². The zero-order valence-corrected chi connectivity index (χ0v) is 16.8. The van der Waals surface area contributed by atoms with Crippen molar-refractivity contribution < 1.29 is 14.3 Å². The van der Waals surface area contributed by atoms with Gasteiger partial charge in [0.1, 0.15) is 6.33 Å². The Balaban J connectivity index is 1.78. The number of amides is 2. The number of halogens is 2. The maximum atomic E-state index is 12.5. The predicted octanol–water partition coefficient (Wildman–Crippen LogP) is 3.03. The lowest BCUT2D eigenvalue weighted by Gasteiger charge is -2.16. The number of nitrogens with one attached hydrogen (secondary N) is 2.